The van der Waals surface area contributed by atoms with Gasteiger partial charge in [-0.15, -0.1) is 0 Å². The van der Waals surface area contributed by atoms with E-state index in [1.807, 2.05) is 12.1 Å². The summed E-state index contributed by atoms with van der Waals surface area (Å²) in [5.74, 6) is -1.76. The van der Waals surface area contributed by atoms with Crippen LogP contribution in [-0.4, -0.2) is 29.6 Å². The fourth-order valence-corrected chi connectivity index (χ4v) is 3.02. The smallest absolute Gasteiger partial charge is 0.346 e. The third kappa shape index (κ3) is 4.39. The number of carboxylic acids is 1. The van der Waals surface area contributed by atoms with Crippen LogP contribution in [-0.2, 0) is 17.6 Å². The van der Waals surface area contributed by atoms with E-state index in [-0.39, 0.29) is 18.2 Å². The zero-order chi connectivity index (χ0) is 18.5. The molecule has 0 bridgehead atoms. The molecule has 0 aliphatic heterocycles. The van der Waals surface area contributed by atoms with Crippen LogP contribution in [0.15, 0.2) is 42.5 Å². The lowest BCUT2D eigenvalue weighted by molar-refractivity contribution is -0.144. The van der Waals surface area contributed by atoms with Crippen LogP contribution in [0.1, 0.15) is 34.3 Å². The number of carbonyl (C=O) groups excluding carboxylic acids is 1. The molecule has 1 unspecified atom stereocenters. The Morgan fingerprint density at radius 2 is 1.77 bits per heavy atom. The highest BCUT2D eigenvalue weighted by atomic mass is 19.1. The molecule has 1 atom stereocenters. The maximum atomic E-state index is 12.9. The average molecular weight is 357 g/mol. The molecular formula is C20H20FNO4. The van der Waals surface area contributed by atoms with Crippen molar-refractivity contribution in [2.45, 2.75) is 31.8 Å². The number of hydrogen-bond acceptors (Lipinski definition) is 3. The molecule has 26 heavy (non-hydrogen) atoms. The van der Waals surface area contributed by atoms with Gasteiger partial charge in [-0.2, -0.15) is 0 Å². The number of benzene rings is 2. The normalized spacial score (nSPS) is 14.2. The number of amides is 1. The standard InChI is InChI=1S/C20H20FNO4/c21-16-7-9-17(10-8-16)26-18(20(24)25)12-22-19(23)15-6-5-13-3-1-2-4-14(13)11-15/h5-11,18H,1-4,12H2,(H,22,23)(H,24,25). The van der Waals surface area contributed by atoms with Gasteiger partial charge in [-0.1, -0.05) is 6.07 Å². The fraction of sp³-hybridized carbons (Fsp3) is 0.300. The summed E-state index contributed by atoms with van der Waals surface area (Å²) in [7, 11) is 0. The number of carbonyl (C=O) groups is 2. The van der Waals surface area contributed by atoms with Crippen molar-refractivity contribution in [3.05, 3.63) is 65.0 Å². The molecule has 136 valence electrons. The Morgan fingerprint density at radius 3 is 2.46 bits per heavy atom. The van der Waals surface area contributed by atoms with Crippen molar-refractivity contribution in [1.29, 1.82) is 0 Å². The molecule has 1 amide bonds. The predicted octanol–water partition coefficient (Wildman–Crippen LogP) is 2.97. The van der Waals surface area contributed by atoms with Crippen molar-refractivity contribution in [2.75, 3.05) is 6.54 Å². The highest BCUT2D eigenvalue weighted by molar-refractivity contribution is 5.94. The second kappa shape index (κ2) is 7.99. The lowest BCUT2D eigenvalue weighted by Gasteiger charge is -2.18. The number of ether oxygens (including phenoxy) is 1. The Balaban J connectivity index is 1.62. The summed E-state index contributed by atoms with van der Waals surface area (Å²) in [5.41, 5.74) is 2.97. The molecule has 0 fully saturated rings. The van der Waals surface area contributed by atoms with Crippen LogP contribution >= 0.6 is 0 Å². The largest absolute Gasteiger partial charge is 0.478 e. The van der Waals surface area contributed by atoms with E-state index < -0.39 is 17.9 Å². The molecule has 2 N–H and O–H groups in total. The van der Waals surface area contributed by atoms with Crippen LogP contribution in [0.5, 0.6) is 5.75 Å². The molecule has 0 radical (unpaired) electrons. The summed E-state index contributed by atoms with van der Waals surface area (Å²) in [6.07, 6.45) is 3.01. The van der Waals surface area contributed by atoms with Crippen molar-refractivity contribution in [3.63, 3.8) is 0 Å². The summed E-state index contributed by atoms with van der Waals surface area (Å²) >= 11 is 0. The van der Waals surface area contributed by atoms with E-state index in [9.17, 15) is 19.1 Å². The molecule has 0 aromatic heterocycles. The van der Waals surface area contributed by atoms with Crippen LogP contribution in [0.2, 0.25) is 0 Å². The molecule has 0 saturated carbocycles. The SMILES string of the molecule is O=C(NCC(Oc1ccc(F)cc1)C(=O)O)c1ccc2c(c1)CCCC2. The van der Waals surface area contributed by atoms with E-state index in [2.05, 4.69) is 5.32 Å². The summed E-state index contributed by atoms with van der Waals surface area (Å²) < 4.78 is 18.2. The van der Waals surface area contributed by atoms with Gasteiger partial charge in [-0.3, -0.25) is 4.79 Å². The second-order valence-electron chi connectivity index (χ2n) is 6.30. The van der Waals surface area contributed by atoms with Gasteiger partial charge in [0.2, 0.25) is 6.10 Å². The lowest BCUT2D eigenvalue weighted by Crippen LogP contribution is -2.40. The minimum atomic E-state index is -1.26. The number of halogens is 1. The average Bonchev–Trinajstić information content (AvgIpc) is 2.65. The van der Waals surface area contributed by atoms with Gasteiger partial charge in [0.15, 0.2) is 0 Å². The lowest BCUT2D eigenvalue weighted by atomic mass is 9.90. The molecule has 2 aromatic rings. The van der Waals surface area contributed by atoms with E-state index in [0.29, 0.717) is 5.56 Å². The summed E-state index contributed by atoms with van der Waals surface area (Å²) in [6.45, 7) is -0.192. The van der Waals surface area contributed by atoms with E-state index in [4.69, 9.17) is 4.74 Å². The van der Waals surface area contributed by atoms with E-state index in [1.54, 1.807) is 6.07 Å². The van der Waals surface area contributed by atoms with Gasteiger partial charge in [0.05, 0.1) is 6.54 Å². The minimum Gasteiger partial charge on any atom is -0.478 e. The summed E-state index contributed by atoms with van der Waals surface area (Å²) in [6, 6.07) is 10.6. The minimum absolute atomic E-state index is 0.192. The molecule has 0 saturated heterocycles. The first-order chi connectivity index (χ1) is 12.5. The summed E-state index contributed by atoms with van der Waals surface area (Å²) in [4.78, 5) is 23.7. The van der Waals surface area contributed by atoms with Crippen molar-refractivity contribution >= 4 is 11.9 Å². The van der Waals surface area contributed by atoms with Gasteiger partial charge < -0.3 is 15.2 Å². The molecule has 2 aromatic carbocycles. The molecule has 1 aliphatic rings. The number of rotatable bonds is 6. The first-order valence-corrected chi connectivity index (χ1v) is 8.58. The molecule has 1 aliphatic carbocycles. The molecular weight excluding hydrogens is 337 g/mol. The Hall–Kier alpha value is -2.89. The van der Waals surface area contributed by atoms with Gasteiger partial charge in [0, 0.05) is 5.56 Å². The molecule has 0 spiro atoms. The highest BCUT2D eigenvalue weighted by Crippen LogP contribution is 2.22. The van der Waals surface area contributed by atoms with Crippen molar-refractivity contribution in [1.82, 2.24) is 5.32 Å². The Kier molecular flexibility index (Phi) is 5.51. The van der Waals surface area contributed by atoms with Crippen LogP contribution in [0, 0.1) is 5.82 Å². The van der Waals surface area contributed by atoms with E-state index in [1.165, 1.54) is 41.8 Å². The van der Waals surface area contributed by atoms with Crippen LogP contribution < -0.4 is 10.1 Å². The van der Waals surface area contributed by atoms with Gasteiger partial charge >= 0.3 is 5.97 Å². The van der Waals surface area contributed by atoms with Crippen LogP contribution in [0.3, 0.4) is 0 Å². The monoisotopic (exact) mass is 357 g/mol. The second-order valence-corrected chi connectivity index (χ2v) is 6.30. The number of fused-ring (bicyclic) bond motifs is 1. The molecule has 0 heterocycles. The van der Waals surface area contributed by atoms with Gasteiger partial charge in [0.1, 0.15) is 11.6 Å². The van der Waals surface area contributed by atoms with E-state index >= 15 is 0 Å². The highest BCUT2D eigenvalue weighted by Gasteiger charge is 2.21. The number of aliphatic carboxylic acids is 1. The van der Waals surface area contributed by atoms with E-state index in [0.717, 1.165) is 19.3 Å². The van der Waals surface area contributed by atoms with Crippen molar-refractivity contribution in [3.8, 4) is 5.75 Å². The Labute approximate surface area is 150 Å². The van der Waals surface area contributed by atoms with Gasteiger partial charge in [0.25, 0.3) is 5.91 Å². The third-order valence-corrected chi connectivity index (χ3v) is 4.43. The van der Waals surface area contributed by atoms with Gasteiger partial charge in [-0.25, -0.2) is 9.18 Å². The predicted molar refractivity (Wildman–Crippen MR) is 93.9 cm³/mol. The topological polar surface area (TPSA) is 75.6 Å². The number of carboxylic acid groups (broad SMARTS) is 1. The summed E-state index contributed by atoms with van der Waals surface area (Å²) in [5, 5.41) is 11.9. The number of nitrogens with one attached hydrogen (secondary N) is 1. The zero-order valence-corrected chi connectivity index (χ0v) is 14.2. The first-order valence-electron chi connectivity index (χ1n) is 8.58. The third-order valence-electron chi connectivity index (χ3n) is 4.43. The van der Waals surface area contributed by atoms with Crippen LogP contribution in [0.4, 0.5) is 4.39 Å². The molecule has 6 heteroatoms. The Bertz CT molecular complexity index is 804. The maximum absolute atomic E-state index is 12.9. The molecule has 3 rings (SSSR count). The Morgan fingerprint density at radius 1 is 1.08 bits per heavy atom. The number of hydrogen-bond donors (Lipinski definition) is 2. The number of aryl methyl sites for hydroxylation is 2. The van der Waals surface area contributed by atoms with Crippen molar-refractivity contribution in [2.24, 2.45) is 0 Å². The fourth-order valence-electron chi connectivity index (χ4n) is 3.02. The van der Waals surface area contributed by atoms with Crippen LogP contribution in [0.25, 0.3) is 0 Å². The zero-order valence-electron chi connectivity index (χ0n) is 14.2. The first kappa shape index (κ1) is 17.9. The quantitative estimate of drug-likeness (QED) is 0.833. The maximum Gasteiger partial charge on any atom is 0.346 e. The van der Waals surface area contributed by atoms with Gasteiger partial charge in [-0.05, 0) is 73.2 Å². The van der Waals surface area contributed by atoms with Crippen molar-refractivity contribution < 1.29 is 23.8 Å². The molecule has 5 nitrogen and oxygen atoms in total.